The number of likely N-dealkylation sites (tertiary alicyclic amines) is 1. The molecule has 1 aliphatic heterocycles. The van der Waals surface area contributed by atoms with Gasteiger partial charge in [0, 0.05) is 31.1 Å². The summed E-state index contributed by atoms with van der Waals surface area (Å²) < 4.78 is 5.14. The first-order valence-corrected chi connectivity index (χ1v) is 4.60. The van der Waals surface area contributed by atoms with Gasteiger partial charge in [-0.05, 0) is 13.5 Å². The van der Waals surface area contributed by atoms with Gasteiger partial charge in [0.25, 0.3) is 0 Å². The molecule has 0 amide bonds. The Morgan fingerprint density at radius 2 is 2.46 bits per heavy atom. The number of nitrogens with two attached hydrogens (primary N) is 1. The average molecular weight is 181 g/mol. The highest BCUT2D eigenvalue weighted by atomic mass is 16.5. The summed E-state index contributed by atoms with van der Waals surface area (Å²) in [6.45, 7) is 1.99. The molecule has 1 saturated heterocycles. The zero-order valence-corrected chi connectivity index (χ0v) is 7.81. The van der Waals surface area contributed by atoms with Crippen molar-refractivity contribution in [3.05, 3.63) is 18.0 Å². The molecule has 4 heteroatoms. The Hall–Kier alpha value is -0.870. The van der Waals surface area contributed by atoms with Gasteiger partial charge < -0.3 is 15.2 Å². The Balaban J connectivity index is 2.07. The van der Waals surface area contributed by atoms with Gasteiger partial charge in [0.15, 0.2) is 0 Å². The Kier molecular flexibility index (Phi) is 2.33. The van der Waals surface area contributed by atoms with Crippen LogP contribution in [0.4, 0.5) is 0 Å². The molecule has 0 spiro atoms. The Bertz CT molecular complexity index is 250. The van der Waals surface area contributed by atoms with Crippen LogP contribution < -0.4 is 5.73 Å². The van der Waals surface area contributed by atoms with Crippen LogP contribution >= 0.6 is 0 Å². The van der Waals surface area contributed by atoms with Crippen LogP contribution in [0, 0.1) is 0 Å². The van der Waals surface area contributed by atoms with Gasteiger partial charge in [-0.25, -0.2) is 0 Å². The first-order chi connectivity index (χ1) is 6.25. The van der Waals surface area contributed by atoms with Gasteiger partial charge >= 0.3 is 0 Å². The number of piperidine rings is 1. The molecule has 1 fully saturated rings. The zero-order chi connectivity index (χ0) is 9.26. The maximum absolute atomic E-state index is 5.92. The van der Waals surface area contributed by atoms with E-state index in [-0.39, 0.29) is 6.04 Å². The van der Waals surface area contributed by atoms with E-state index in [1.807, 2.05) is 6.07 Å². The van der Waals surface area contributed by atoms with Gasteiger partial charge in [-0.15, -0.1) is 0 Å². The lowest BCUT2D eigenvalue weighted by Gasteiger charge is -2.32. The monoisotopic (exact) mass is 181 g/mol. The molecule has 0 aromatic carbocycles. The highest BCUT2D eigenvalue weighted by Gasteiger charge is 2.26. The van der Waals surface area contributed by atoms with Crippen LogP contribution in [0.1, 0.15) is 18.1 Å². The van der Waals surface area contributed by atoms with E-state index in [1.54, 1.807) is 6.20 Å². The summed E-state index contributed by atoms with van der Waals surface area (Å²) in [4.78, 5) is 2.24. The van der Waals surface area contributed by atoms with E-state index in [4.69, 9.17) is 10.3 Å². The first kappa shape index (κ1) is 8.72. The number of hydrogen-bond acceptors (Lipinski definition) is 4. The second-order valence-electron chi connectivity index (χ2n) is 3.83. The van der Waals surface area contributed by atoms with E-state index < -0.39 is 0 Å². The molecule has 1 aromatic heterocycles. The molecule has 4 nitrogen and oxygen atoms in total. The largest absolute Gasteiger partial charge is 0.361 e. The first-order valence-electron chi connectivity index (χ1n) is 4.60. The van der Waals surface area contributed by atoms with Crippen molar-refractivity contribution < 1.29 is 4.52 Å². The molecule has 72 valence electrons. The van der Waals surface area contributed by atoms with Gasteiger partial charge in [-0.1, -0.05) is 5.16 Å². The van der Waals surface area contributed by atoms with Crippen LogP contribution in [0.2, 0.25) is 0 Å². The smallest absolute Gasteiger partial charge is 0.141 e. The summed E-state index contributed by atoms with van der Waals surface area (Å²) in [5.41, 5.74) is 5.92. The van der Waals surface area contributed by atoms with Crippen LogP contribution in [0.25, 0.3) is 0 Å². The molecule has 13 heavy (non-hydrogen) atoms. The number of nitrogens with zero attached hydrogens (tertiary/aromatic N) is 2. The van der Waals surface area contributed by atoms with E-state index in [1.165, 1.54) is 0 Å². The van der Waals surface area contributed by atoms with E-state index in [0.29, 0.717) is 5.92 Å². The van der Waals surface area contributed by atoms with Crippen molar-refractivity contribution in [3.8, 4) is 0 Å². The molecule has 2 atom stereocenters. The van der Waals surface area contributed by atoms with E-state index in [0.717, 1.165) is 25.3 Å². The Morgan fingerprint density at radius 3 is 3.08 bits per heavy atom. The maximum atomic E-state index is 5.92. The third-order valence-corrected chi connectivity index (χ3v) is 2.53. The van der Waals surface area contributed by atoms with Crippen molar-refractivity contribution >= 4 is 0 Å². The number of likely N-dealkylation sites (N-methyl/N-ethyl adjacent to an activating group) is 1. The van der Waals surface area contributed by atoms with E-state index in [9.17, 15) is 0 Å². The van der Waals surface area contributed by atoms with Crippen molar-refractivity contribution in [1.82, 2.24) is 10.1 Å². The fraction of sp³-hybridized carbons (Fsp3) is 0.667. The van der Waals surface area contributed by atoms with Gasteiger partial charge in [0.1, 0.15) is 5.76 Å². The summed E-state index contributed by atoms with van der Waals surface area (Å²) in [6, 6.07) is 2.19. The molecule has 1 aliphatic rings. The lowest BCUT2D eigenvalue weighted by molar-refractivity contribution is 0.204. The minimum Gasteiger partial charge on any atom is -0.361 e. The van der Waals surface area contributed by atoms with Crippen molar-refractivity contribution in [3.63, 3.8) is 0 Å². The molecule has 1 aromatic rings. The molecule has 0 saturated carbocycles. The predicted octanol–water partition coefficient (Wildman–Crippen LogP) is 0.421. The molecule has 2 rings (SSSR count). The highest BCUT2D eigenvalue weighted by Crippen LogP contribution is 2.24. The van der Waals surface area contributed by atoms with Crippen molar-refractivity contribution in [2.75, 3.05) is 20.1 Å². The lowest BCUT2D eigenvalue weighted by Crippen LogP contribution is -2.44. The highest BCUT2D eigenvalue weighted by molar-refractivity contribution is 5.05. The van der Waals surface area contributed by atoms with Gasteiger partial charge in [0.2, 0.25) is 0 Å². The van der Waals surface area contributed by atoms with Crippen LogP contribution in [0.3, 0.4) is 0 Å². The molecule has 0 bridgehead atoms. The van der Waals surface area contributed by atoms with Crippen LogP contribution in [-0.4, -0.2) is 36.2 Å². The molecule has 0 aliphatic carbocycles. The Morgan fingerprint density at radius 1 is 1.62 bits per heavy atom. The zero-order valence-electron chi connectivity index (χ0n) is 7.81. The third kappa shape index (κ3) is 1.89. The lowest BCUT2D eigenvalue weighted by atomic mass is 9.93. The molecule has 0 radical (unpaired) electrons. The second kappa shape index (κ2) is 3.47. The second-order valence-corrected chi connectivity index (χ2v) is 3.83. The van der Waals surface area contributed by atoms with Crippen molar-refractivity contribution in [2.45, 2.75) is 18.4 Å². The summed E-state index contributed by atoms with van der Waals surface area (Å²) in [5.74, 6) is 1.37. The Labute approximate surface area is 77.7 Å². The average Bonchev–Trinajstić information content (AvgIpc) is 2.53. The topological polar surface area (TPSA) is 55.3 Å². The molecule has 2 heterocycles. The fourth-order valence-corrected chi connectivity index (χ4v) is 2.01. The number of hydrogen-bond donors (Lipinski definition) is 1. The summed E-state index contributed by atoms with van der Waals surface area (Å²) in [5, 5.41) is 3.71. The third-order valence-electron chi connectivity index (χ3n) is 2.53. The van der Waals surface area contributed by atoms with E-state index in [2.05, 4.69) is 17.1 Å². The van der Waals surface area contributed by atoms with Crippen molar-refractivity contribution in [1.29, 1.82) is 0 Å². The quantitative estimate of drug-likeness (QED) is 0.682. The van der Waals surface area contributed by atoms with Crippen molar-refractivity contribution in [2.24, 2.45) is 5.73 Å². The van der Waals surface area contributed by atoms with Gasteiger partial charge in [-0.3, -0.25) is 0 Å². The van der Waals surface area contributed by atoms with Crippen LogP contribution in [0.5, 0.6) is 0 Å². The van der Waals surface area contributed by atoms with Crippen LogP contribution in [-0.2, 0) is 0 Å². The standard InChI is InChI=1S/C9H15N3O/c1-12-5-7(4-8(10)6-12)9-2-3-11-13-9/h2-3,7-8H,4-6,10H2,1H3. The minimum atomic E-state index is 0.258. The van der Waals surface area contributed by atoms with Crippen LogP contribution in [0.15, 0.2) is 16.8 Å². The van der Waals surface area contributed by atoms with Gasteiger partial charge in [-0.2, -0.15) is 0 Å². The summed E-state index contributed by atoms with van der Waals surface area (Å²) >= 11 is 0. The van der Waals surface area contributed by atoms with Gasteiger partial charge in [0.05, 0.1) is 6.20 Å². The minimum absolute atomic E-state index is 0.258. The number of rotatable bonds is 1. The molecule has 2 N–H and O–H groups in total. The molecular weight excluding hydrogens is 166 g/mol. The maximum Gasteiger partial charge on any atom is 0.141 e. The number of aromatic nitrogens is 1. The normalized spacial score (nSPS) is 30.6. The van der Waals surface area contributed by atoms with E-state index >= 15 is 0 Å². The SMILES string of the molecule is CN1CC(N)CC(c2ccno2)C1. The summed E-state index contributed by atoms with van der Waals surface area (Å²) in [7, 11) is 2.09. The summed E-state index contributed by atoms with van der Waals surface area (Å²) in [6.07, 6.45) is 2.69. The predicted molar refractivity (Wildman–Crippen MR) is 49.3 cm³/mol. The fourth-order valence-electron chi connectivity index (χ4n) is 2.01. The molecular formula is C9H15N3O. The molecule has 2 unspecified atom stereocenters.